The van der Waals surface area contributed by atoms with Crippen molar-refractivity contribution in [3.63, 3.8) is 0 Å². The van der Waals surface area contributed by atoms with Gasteiger partial charge in [-0.1, -0.05) is 42.1 Å². The van der Waals surface area contributed by atoms with E-state index in [9.17, 15) is 9.59 Å². The average Bonchev–Trinajstić information content (AvgIpc) is 3.38. The molecule has 2 N–H and O–H groups in total. The van der Waals surface area contributed by atoms with Crippen LogP contribution in [0.1, 0.15) is 18.4 Å². The number of aromatic nitrogens is 3. The number of benzene rings is 1. The number of carbonyl (C=O) groups is 1. The van der Waals surface area contributed by atoms with Gasteiger partial charge in [0.1, 0.15) is 6.54 Å². The van der Waals surface area contributed by atoms with E-state index in [1.165, 1.54) is 22.2 Å². The van der Waals surface area contributed by atoms with Gasteiger partial charge in [-0.05, 0) is 12.8 Å². The number of rotatable bonds is 7. The van der Waals surface area contributed by atoms with Gasteiger partial charge in [-0.2, -0.15) is 0 Å². The summed E-state index contributed by atoms with van der Waals surface area (Å²) in [5.41, 5.74) is 1.09. The molecule has 1 amide bonds. The van der Waals surface area contributed by atoms with Gasteiger partial charge in [0.2, 0.25) is 5.91 Å². The van der Waals surface area contributed by atoms with Gasteiger partial charge in [0.15, 0.2) is 5.16 Å². The topological polar surface area (TPSA) is 84.7 Å². The van der Waals surface area contributed by atoms with Crippen molar-refractivity contribution in [1.82, 2.24) is 19.7 Å². The van der Waals surface area contributed by atoms with Crippen LogP contribution in [0.5, 0.6) is 0 Å². The first-order chi connectivity index (χ1) is 14.2. The minimum Gasteiger partial charge on any atom is -0.376 e. The Hall–Kier alpha value is -2.10. The fourth-order valence-corrected chi connectivity index (χ4v) is 4.78. The van der Waals surface area contributed by atoms with Crippen LogP contribution in [-0.2, 0) is 22.6 Å². The van der Waals surface area contributed by atoms with Crippen LogP contribution in [0.4, 0.5) is 0 Å². The third-order valence-electron chi connectivity index (χ3n) is 5.58. The molecular weight excluding hydrogens is 390 g/mol. The average molecular weight is 419 g/mol. The zero-order valence-electron chi connectivity index (χ0n) is 16.5. The fourth-order valence-electron chi connectivity index (χ4n) is 3.92. The minimum absolute atomic E-state index is 0.0565. The fraction of sp³-hybridized carbons (Fsp3) is 0.550. The van der Waals surface area contributed by atoms with Crippen molar-refractivity contribution >= 4 is 17.7 Å². The number of hydrogen-bond acceptors (Lipinski definition) is 5. The highest BCUT2D eigenvalue weighted by atomic mass is 32.2. The maximum absolute atomic E-state index is 12.6. The van der Waals surface area contributed by atoms with Gasteiger partial charge in [0.05, 0.1) is 44.6 Å². The van der Waals surface area contributed by atoms with E-state index in [0.29, 0.717) is 17.5 Å². The summed E-state index contributed by atoms with van der Waals surface area (Å²) < 4.78 is 7.21. The van der Waals surface area contributed by atoms with Crippen LogP contribution >= 0.6 is 11.8 Å². The Bertz CT molecular complexity index is 855. The second-order valence-corrected chi connectivity index (χ2v) is 8.58. The Morgan fingerprint density at radius 1 is 1.28 bits per heavy atom. The van der Waals surface area contributed by atoms with Crippen molar-refractivity contribution in [2.24, 2.45) is 0 Å². The minimum atomic E-state index is -0.242. The molecule has 2 aliphatic heterocycles. The molecule has 1 atom stereocenters. The number of quaternary nitrogens is 1. The highest BCUT2D eigenvalue weighted by molar-refractivity contribution is 7.99. The predicted octanol–water partition coefficient (Wildman–Crippen LogP) is -0.230. The first-order valence-electron chi connectivity index (χ1n) is 10.2. The molecule has 0 unspecified atom stereocenters. The molecule has 4 rings (SSSR count). The summed E-state index contributed by atoms with van der Waals surface area (Å²) in [4.78, 5) is 28.1. The van der Waals surface area contributed by atoms with E-state index in [-0.39, 0.29) is 17.7 Å². The largest absolute Gasteiger partial charge is 0.376 e. The van der Waals surface area contributed by atoms with Gasteiger partial charge in [-0.15, -0.1) is 5.10 Å². The number of H-pyrrole nitrogens is 1. The summed E-state index contributed by atoms with van der Waals surface area (Å²) >= 11 is 1.32. The van der Waals surface area contributed by atoms with E-state index in [1.54, 1.807) is 4.57 Å². The molecule has 8 nitrogen and oxygen atoms in total. The van der Waals surface area contributed by atoms with Crippen LogP contribution in [-0.4, -0.2) is 70.2 Å². The summed E-state index contributed by atoms with van der Waals surface area (Å²) in [6.45, 7) is 5.69. The monoisotopic (exact) mass is 418 g/mol. The highest BCUT2D eigenvalue weighted by Crippen LogP contribution is 2.18. The highest BCUT2D eigenvalue weighted by Gasteiger charge is 2.25. The lowest BCUT2D eigenvalue weighted by Crippen LogP contribution is -3.13. The Labute approximate surface area is 174 Å². The Morgan fingerprint density at radius 2 is 2.07 bits per heavy atom. The Balaban J connectivity index is 1.25. The van der Waals surface area contributed by atoms with Crippen LogP contribution in [0, 0.1) is 0 Å². The van der Waals surface area contributed by atoms with Crippen LogP contribution < -0.4 is 10.6 Å². The van der Waals surface area contributed by atoms with Crippen molar-refractivity contribution in [2.75, 3.05) is 38.5 Å². The van der Waals surface area contributed by atoms with Crippen LogP contribution in [0.2, 0.25) is 0 Å². The molecule has 2 fully saturated rings. The lowest BCUT2D eigenvalue weighted by atomic mass is 10.2. The Kier molecular flexibility index (Phi) is 6.68. The zero-order chi connectivity index (χ0) is 20.1. The summed E-state index contributed by atoms with van der Waals surface area (Å²) in [6, 6.07) is 10.5. The number of amides is 1. The number of carbonyl (C=O) groups excluding carboxylic acids is 1. The van der Waals surface area contributed by atoms with E-state index < -0.39 is 0 Å². The number of piperazine rings is 1. The van der Waals surface area contributed by atoms with Gasteiger partial charge in [-0.25, -0.2) is 9.89 Å². The van der Waals surface area contributed by atoms with Gasteiger partial charge >= 0.3 is 5.69 Å². The summed E-state index contributed by atoms with van der Waals surface area (Å²) in [5.74, 6) is 0.400. The molecule has 0 spiro atoms. The standard InChI is InChI=1S/C20H27N5O3S/c26-18(24-10-8-23(9-11-24)13-16-5-2-1-3-6-16)15-29-20-22-21-19(27)25(20)14-17-7-4-12-28-17/h1-3,5-6,17H,4,7-15H2,(H,21,27)/p+1/t17-/m1/s1. The van der Waals surface area contributed by atoms with Crippen molar-refractivity contribution in [3.05, 3.63) is 46.4 Å². The molecule has 1 aromatic heterocycles. The molecule has 156 valence electrons. The number of nitrogens with zero attached hydrogens (tertiary/aromatic N) is 3. The summed E-state index contributed by atoms with van der Waals surface area (Å²) in [7, 11) is 0. The van der Waals surface area contributed by atoms with E-state index >= 15 is 0 Å². The van der Waals surface area contributed by atoms with Gasteiger partial charge in [-0.3, -0.25) is 9.36 Å². The number of ether oxygens (including phenoxy) is 1. The quantitative estimate of drug-likeness (QED) is 0.607. The summed E-state index contributed by atoms with van der Waals surface area (Å²) in [6.07, 6.45) is 2.04. The molecule has 3 heterocycles. The maximum Gasteiger partial charge on any atom is 0.344 e. The maximum atomic E-state index is 12.6. The van der Waals surface area contributed by atoms with Gasteiger partial charge in [0, 0.05) is 12.2 Å². The van der Waals surface area contributed by atoms with Crippen LogP contribution in [0.25, 0.3) is 0 Å². The Morgan fingerprint density at radius 3 is 2.79 bits per heavy atom. The molecule has 0 bridgehead atoms. The lowest BCUT2D eigenvalue weighted by Gasteiger charge is -2.32. The SMILES string of the molecule is O=C(CSc1n[nH]c(=O)n1C[C@H]1CCCO1)N1CC[NH+](Cc2ccccc2)CC1. The van der Waals surface area contributed by atoms with Crippen molar-refractivity contribution in [2.45, 2.75) is 37.2 Å². The normalized spacial score (nSPS) is 20.3. The van der Waals surface area contributed by atoms with Crippen molar-refractivity contribution in [1.29, 1.82) is 0 Å². The van der Waals surface area contributed by atoms with E-state index in [1.807, 2.05) is 11.0 Å². The smallest absolute Gasteiger partial charge is 0.344 e. The van der Waals surface area contributed by atoms with Crippen LogP contribution in [0.3, 0.4) is 0 Å². The van der Waals surface area contributed by atoms with E-state index in [2.05, 4.69) is 34.5 Å². The van der Waals surface area contributed by atoms with E-state index in [4.69, 9.17) is 4.74 Å². The molecule has 0 radical (unpaired) electrons. The third-order valence-corrected chi connectivity index (χ3v) is 6.54. The molecule has 1 aromatic carbocycles. The molecule has 0 saturated carbocycles. The second-order valence-electron chi connectivity index (χ2n) is 7.64. The molecule has 2 aromatic rings. The van der Waals surface area contributed by atoms with Gasteiger partial charge < -0.3 is 14.5 Å². The van der Waals surface area contributed by atoms with E-state index in [0.717, 1.165) is 52.2 Å². The number of aromatic amines is 1. The lowest BCUT2D eigenvalue weighted by molar-refractivity contribution is -0.917. The molecule has 29 heavy (non-hydrogen) atoms. The molecule has 9 heteroatoms. The first-order valence-corrected chi connectivity index (χ1v) is 11.2. The zero-order valence-corrected chi connectivity index (χ0v) is 17.3. The van der Waals surface area contributed by atoms with Crippen molar-refractivity contribution in [3.8, 4) is 0 Å². The third kappa shape index (κ3) is 5.29. The van der Waals surface area contributed by atoms with Crippen molar-refractivity contribution < 1.29 is 14.4 Å². The van der Waals surface area contributed by atoms with Gasteiger partial charge in [0.25, 0.3) is 0 Å². The first kappa shape index (κ1) is 20.2. The predicted molar refractivity (Wildman–Crippen MR) is 110 cm³/mol. The second kappa shape index (κ2) is 9.60. The summed E-state index contributed by atoms with van der Waals surface area (Å²) in [5, 5.41) is 7.15. The molecule has 2 aliphatic rings. The molecule has 0 aliphatic carbocycles. The number of thioether (sulfide) groups is 1. The number of nitrogens with one attached hydrogen (secondary N) is 2. The molecular formula is C20H28N5O3S+. The molecule has 2 saturated heterocycles. The van der Waals surface area contributed by atoms with Crippen LogP contribution in [0.15, 0.2) is 40.3 Å². The number of hydrogen-bond donors (Lipinski definition) is 2.